The quantitative estimate of drug-likeness (QED) is 0.733. The molecule has 0 unspecified atom stereocenters. The summed E-state index contributed by atoms with van der Waals surface area (Å²) in [6.45, 7) is 1.46. The Labute approximate surface area is 144 Å². The maximum absolute atomic E-state index is 12.4. The molecule has 122 valence electrons. The number of para-hydroxylation sites is 1. The number of nitrogens with zero attached hydrogens (tertiary/aromatic N) is 3. The van der Waals surface area contributed by atoms with Crippen molar-refractivity contribution in [3.8, 4) is 5.88 Å². The molecule has 0 saturated carbocycles. The molecular formula is C18H16ClN3O2. The molecule has 0 radical (unpaired) electrons. The molecule has 1 aliphatic heterocycles. The third kappa shape index (κ3) is 2.83. The van der Waals surface area contributed by atoms with E-state index in [0.29, 0.717) is 30.5 Å². The molecule has 24 heavy (non-hydrogen) atoms. The van der Waals surface area contributed by atoms with Crippen molar-refractivity contribution in [2.24, 2.45) is 0 Å². The van der Waals surface area contributed by atoms with Gasteiger partial charge >= 0.3 is 0 Å². The number of pyridine rings is 1. The number of likely N-dealkylation sites (tertiary alicyclic amines) is 1. The van der Waals surface area contributed by atoms with Crippen molar-refractivity contribution >= 4 is 28.4 Å². The fourth-order valence-corrected chi connectivity index (χ4v) is 3.02. The first-order valence-corrected chi connectivity index (χ1v) is 8.17. The average molecular weight is 342 g/mol. The molecule has 1 saturated heterocycles. The third-order valence-corrected chi connectivity index (χ3v) is 4.48. The SMILES string of the molecule is O=C(Cn1ccc2ccccc21)N1CC(Oc2ncccc2Cl)C1. The van der Waals surface area contributed by atoms with Gasteiger partial charge in [0.1, 0.15) is 17.7 Å². The second kappa shape index (κ2) is 6.17. The van der Waals surface area contributed by atoms with Gasteiger partial charge in [0.2, 0.25) is 11.8 Å². The summed E-state index contributed by atoms with van der Waals surface area (Å²) in [5.74, 6) is 0.510. The number of halogens is 1. The summed E-state index contributed by atoms with van der Waals surface area (Å²) < 4.78 is 7.70. The van der Waals surface area contributed by atoms with Crippen LogP contribution in [-0.4, -0.2) is 39.6 Å². The van der Waals surface area contributed by atoms with Gasteiger partial charge in [-0.2, -0.15) is 0 Å². The van der Waals surface area contributed by atoms with Gasteiger partial charge in [-0.3, -0.25) is 4.79 Å². The Bertz CT molecular complexity index is 887. The predicted octanol–water partition coefficient (Wildman–Crippen LogP) is 2.98. The highest BCUT2D eigenvalue weighted by Crippen LogP contribution is 2.24. The van der Waals surface area contributed by atoms with E-state index in [2.05, 4.69) is 4.98 Å². The first-order valence-electron chi connectivity index (χ1n) is 7.79. The van der Waals surface area contributed by atoms with E-state index in [0.717, 1.165) is 10.9 Å². The molecule has 5 nitrogen and oxygen atoms in total. The van der Waals surface area contributed by atoms with Crippen molar-refractivity contribution in [2.45, 2.75) is 12.6 Å². The Morgan fingerprint density at radius 3 is 2.88 bits per heavy atom. The molecule has 2 aromatic heterocycles. The Morgan fingerprint density at radius 1 is 1.21 bits per heavy atom. The molecule has 0 N–H and O–H groups in total. The zero-order chi connectivity index (χ0) is 16.5. The van der Waals surface area contributed by atoms with E-state index in [4.69, 9.17) is 16.3 Å². The summed E-state index contributed by atoms with van der Waals surface area (Å²) in [4.78, 5) is 18.3. The lowest BCUT2D eigenvalue weighted by atomic mass is 10.1. The maximum atomic E-state index is 12.4. The zero-order valence-corrected chi connectivity index (χ0v) is 13.7. The number of benzene rings is 1. The van der Waals surface area contributed by atoms with E-state index in [-0.39, 0.29) is 12.0 Å². The number of hydrogen-bond acceptors (Lipinski definition) is 3. The van der Waals surface area contributed by atoms with Gasteiger partial charge in [-0.1, -0.05) is 29.8 Å². The van der Waals surface area contributed by atoms with Crippen molar-refractivity contribution in [2.75, 3.05) is 13.1 Å². The van der Waals surface area contributed by atoms with Crippen LogP contribution in [0.25, 0.3) is 10.9 Å². The van der Waals surface area contributed by atoms with Gasteiger partial charge in [-0.25, -0.2) is 4.98 Å². The highest BCUT2D eigenvalue weighted by molar-refractivity contribution is 6.31. The van der Waals surface area contributed by atoms with E-state index in [1.807, 2.05) is 41.1 Å². The molecule has 4 rings (SSSR count). The van der Waals surface area contributed by atoms with Crippen molar-refractivity contribution in [3.63, 3.8) is 0 Å². The second-order valence-corrected chi connectivity index (χ2v) is 6.24. The standard InChI is InChI=1S/C18H16ClN3O2/c19-15-5-3-8-20-18(15)24-14-10-22(11-14)17(23)12-21-9-7-13-4-1-2-6-16(13)21/h1-9,14H,10-12H2. The normalized spacial score (nSPS) is 14.6. The molecular weight excluding hydrogens is 326 g/mol. The number of amides is 1. The number of aromatic nitrogens is 2. The summed E-state index contributed by atoms with van der Waals surface area (Å²) in [7, 11) is 0. The smallest absolute Gasteiger partial charge is 0.242 e. The second-order valence-electron chi connectivity index (χ2n) is 5.83. The van der Waals surface area contributed by atoms with Crippen molar-refractivity contribution in [1.82, 2.24) is 14.5 Å². The molecule has 0 bridgehead atoms. The van der Waals surface area contributed by atoms with Gasteiger partial charge in [0.15, 0.2) is 0 Å². The molecule has 1 amide bonds. The van der Waals surface area contributed by atoms with Gasteiger partial charge in [-0.15, -0.1) is 0 Å². The molecule has 0 spiro atoms. The number of ether oxygens (including phenoxy) is 1. The lowest BCUT2D eigenvalue weighted by Gasteiger charge is -2.38. The van der Waals surface area contributed by atoms with Crippen molar-refractivity contribution < 1.29 is 9.53 Å². The van der Waals surface area contributed by atoms with Crippen LogP contribution in [0.4, 0.5) is 0 Å². The van der Waals surface area contributed by atoms with Gasteiger partial charge in [0.05, 0.1) is 13.1 Å². The molecule has 6 heteroatoms. The van der Waals surface area contributed by atoms with Gasteiger partial charge < -0.3 is 14.2 Å². The minimum atomic E-state index is -0.0530. The van der Waals surface area contributed by atoms with E-state index in [1.54, 1.807) is 23.2 Å². The van der Waals surface area contributed by atoms with Crippen LogP contribution in [0.5, 0.6) is 5.88 Å². The summed E-state index contributed by atoms with van der Waals surface area (Å²) in [5.41, 5.74) is 1.07. The third-order valence-electron chi connectivity index (χ3n) is 4.19. The van der Waals surface area contributed by atoms with Gasteiger partial charge in [-0.05, 0) is 29.7 Å². The summed E-state index contributed by atoms with van der Waals surface area (Å²) in [5, 5.41) is 1.63. The lowest BCUT2D eigenvalue weighted by Crippen LogP contribution is -2.57. The van der Waals surface area contributed by atoms with Gasteiger partial charge in [0, 0.05) is 17.9 Å². The van der Waals surface area contributed by atoms with Crippen LogP contribution >= 0.6 is 11.6 Å². The molecule has 0 aliphatic carbocycles. The zero-order valence-electron chi connectivity index (χ0n) is 12.9. The van der Waals surface area contributed by atoms with E-state index < -0.39 is 0 Å². The fraction of sp³-hybridized carbons (Fsp3) is 0.222. The van der Waals surface area contributed by atoms with Crippen LogP contribution in [0.2, 0.25) is 5.02 Å². The molecule has 3 aromatic rings. The lowest BCUT2D eigenvalue weighted by molar-refractivity contribution is -0.140. The van der Waals surface area contributed by atoms with Crippen LogP contribution in [0.15, 0.2) is 54.9 Å². The Balaban J connectivity index is 1.35. The number of fused-ring (bicyclic) bond motifs is 1. The van der Waals surface area contributed by atoms with Crippen LogP contribution < -0.4 is 4.74 Å². The molecule has 1 aromatic carbocycles. The summed E-state index contributed by atoms with van der Waals surface area (Å²) in [6, 6.07) is 13.6. The molecule has 1 fully saturated rings. The van der Waals surface area contributed by atoms with Crippen LogP contribution in [0.1, 0.15) is 0 Å². The predicted molar refractivity (Wildman–Crippen MR) is 92.2 cm³/mol. The first-order chi connectivity index (χ1) is 11.7. The summed E-state index contributed by atoms with van der Waals surface area (Å²) in [6.07, 6.45) is 3.53. The van der Waals surface area contributed by atoms with Crippen LogP contribution in [0.3, 0.4) is 0 Å². The van der Waals surface area contributed by atoms with E-state index in [9.17, 15) is 4.79 Å². The van der Waals surface area contributed by atoms with Crippen molar-refractivity contribution in [1.29, 1.82) is 0 Å². The average Bonchev–Trinajstić information content (AvgIpc) is 2.95. The molecule has 1 aliphatic rings. The molecule has 0 atom stereocenters. The fourth-order valence-electron chi connectivity index (χ4n) is 2.86. The van der Waals surface area contributed by atoms with Crippen LogP contribution in [-0.2, 0) is 11.3 Å². The minimum Gasteiger partial charge on any atom is -0.470 e. The van der Waals surface area contributed by atoms with E-state index in [1.165, 1.54) is 0 Å². The van der Waals surface area contributed by atoms with Crippen LogP contribution in [0, 0.1) is 0 Å². The van der Waals surface area contributed by atoms with Crippen molar-refractivity contribution in [3.05, 3.63) is 59.9 Å². The maximum Gasteiger partial charge on any atom is 0.242 e. The number of hydrogen-bond donors (Lipinski definition) is 0. The minimum absolute atomic E-state index is 0.0530. The number of carbonyl (C=O) groups is 1. The molecule has 3 heterocycles. The largest absolute Gasteiger partial charge is 0.470 e. The number of carbonyl (C=O) groups excluding carboxylic acids is 1. The highest BCUT2D eigenvalue weighted by Gasteiger charge is 2.32. The Hall–Kier alpha value is -2.53. The summed E-state index contributed by atoms with van der Waals surface area (Å²) >= 11 is 6.03. The van der Waals surface area contributed by atoms with Gasteiger partial charge in [0.25, 0.3) is 0 Å². The highest BCUT2D eigenvalue weighted by atomic mass is 35.5. The Morgan fingerprint density at radius 2 is 2.04 bits per heavy atom. The Kier molecular flexibility index (Phi) is 3.86. The number of rotatable bonds is 4. The topological polar surface area (TPSA) is 47.4 Å². The monoisotopic (exact) mass is 341 g/mol. The van der Waals surface area contributed by atoms with E-state index >= 15 is 0 Å². The first kappa shape index (κ1) is 15.0.